The molecule has 3 nitrogen and oxygen atoms in total. The summed E-state index contributed by atoms with van der Waals surface area (Å²) >= 11 is 0. The van der Waals surface area contributed by atoms with E-state index < -0.39 is 0 Å². The first kappa shape index (κ1) is 15.3. The Morgan fingerprint density at radius 1 is 1.30 bits per heavy atom. The quantitative estimate of drug-likeness (QED) is 0.753. The third-order valence-corrected chi connectivity index (χ3v) is 4.43. The molecule has 1 aromatic carbocycles. The lowest BCUT2D eigenvalue weighted by Crippen LogP contribution is -2.59. The van der Waals surface area contributed by atoms with E-state index in [1.54, 1.807) is 7.11 Å². The number of methoxy groups -OCH3 is 1. The minimum absolute atomic E-state index is 0.0364. The molecule has 1 aromatic rings. The minimum atomic E-state index is -0.0364. The molecule has 2 rings (SSSR count). The molecular formula is C17H28N2O. The molecule has 0 saturated heterocycles. The zero-order valence-corrected chi connectivity index (χ0v) is 12.8. The summed E-state index contributed by atoms with van der Waals surface area (Å²) in [5.74, 6) is 0.671. The number of benzene rings is 1. The van der Waals surface area contributed by atoms with Gasteiger partial charge in [-0.25, -0.2) is 0 Å². The van der Waals surface area contributed by atoms with Crippen LogP contribution in [-0.2, 0) is 4.74 Å². The third kappa shape index (κ3) is 3.15. The maximum absolute atomic E-state index is 6.22. The molecule has 0 aliphatic heterocycles. The summed E-state index contributed by atoms with van der Waals surface area (Å²) in [5, 5.41) is 0. The Morgan fingerprint density at radius 3 is 2.50 bits per heavy atom. The van der Waals surface area contributed by atoms with Crippen LogP contribution in [0.15, 0.2) is 30.3 Å². The Morgan fingerprint density at radius 2 is 2.00 bits per heavy atom. The van der Waals surface area contributed by atoms with Gasteiger partial charge in [0.15, 0.2) is 0 Å². The van der Waals surface area contributed by atoms with E-state index in [4.69, 9.17) is 10.5 Å². The normalized spacial score (nSPS) is 17.8. The predicted octanol–water partition coefficient (Wildman–Crippen LogP) is 3.05. The highest BCUT2D eigenvalue weighted by molar-refractivity contribution is 5.50. The molecule has 0 amide bonds. The number of anilines is 1. The summed E-state index contributed by atoms with van der Waals surface area (Å²) in [6, 6.07) is 10.7. The molecule has 2 N–H and O–H groups in total. The van der Waals surface area contributed by atoms with Crippen LogP contribution in [0.3, 0.4) is 0 Å². The lowest BCUT2D eigenvalue weighted by atomic mass is 9.90. The summed E-state index contributed by atoms with van der Waals surface area (Å²) in [6.45, 7) is 4.66. The average molecular weight is 276 g/mol. The lowest BCUT2D eigenvalue weighted by molar-refractivity contribution is 0.117. The number of unbranched alkanes of at least 4 members (excludes halogenated alkanes) is 1. The van der Waals surface area contributed by atoms with Crippen molar-refractivity contribution in [1.82, 2.24) is 0 Å². The fraction of sp³-hybridized carbons (Fsp3) is 0.647. The van der Waals surface area contributed by atoms with E-state index in [2.05, 4.69) is 42.2 Å². The minimum Gasteiger partial charge on any atom is -0.382 e. The van der Waals surface area contributed by atoms with E-state index in [9.17, 15) is 0 Å². The molecule has 1 aliphatic carbocycles. The molecule has 0 radical (unpaired) electrons. The predicted molar refractivity (Wildman–Crippen MR) is 85.1 cm³/mol. The molecule has 1 fully saturated rings. The van der Waals surface area contributed by atoms with Crippen LogP contribution in [0.1, 0.15) is 32.6 Å². The Labute approximate surface area is 123 Å². The average Bonchev–Trinajstić information content (AvgIpc) is 3.32. The first-order chi connectivity index (χ1) is 9.78. The van der Waals surface area contributed by atoms with E-state index in [1.807, 2.05) is 0 Å². The summed E-state index contributed by atoms with van der Waals surface area (Å²) in [7, 11) is 1.79. The van der Waals surface area contributed by atoms with Gasteiger partial charge in [0, 0.05) is 25.9 Å². The number of rotatable bonds is 9. The summed E-state index contributed by atoms with van der Waals surface area (Å²) in [4.78, 5) is 2.51. The van der Waals surface area contributed by atoms with Crippen LogP contribution in [0.5, 0.6) is 0 Å². The highest BCUT2D eigenvalue weighted by atomic mass is 16.5. The smallest absolute Gasteiger partial charge is 0.0784 e. The van der Waals surface area contributed by atoms with Gasteiger partial charge in [0.05, 0.1) is 12.1 Å². The molecule has 112 valence electrons. The van der Waals surface area contributed by atoms with Crippen molar-refractivity contribution in [2.75, 3.05) is 31.7 Å². The lowest BCUT2D eigenvalue weighted by Gasteiger charge is -2.45. The van der Waals surface area contributed by atoms with Gasteiger partial charge in [-0.2, -0.15) is 0 Å². The van der Waals surface area contributed by atoms with Crippen LogP contribution < -0.4 is 10.6 Å². The molecule has 1 atom stereocenters. The monoisotopic (exact) mass is 276 g/mol. The first-order valence-corrected chi connectivity index (χ1v) is 7.80. The second-order valence-corrected chi connectivity index (χ2v) is 5.86. The van der Waals surface area contributed by atoms with Crippen molar-refractivity contribution >= 4 is 5.69 Å². The molecular weight excluding hydrogens is 248 g/mol. The van der Waals surface area contributed by atoms with E-state index >= 15 is 0 Å². The largest absolute Gasteiger partial charge is 0.382 e. The van der Waals surface area contributed by atoms with Crippen LogP contribution in [0, 0.1) is 5.92 Å². The third-order valence-electron chi connectivity index (χ3n) is 4.43. The van der Waals surface area contributed by atoms with Gasteiger partial charge in [-0.3, -0.25) is 0 Å². The van der Waals surface area contributed by atoms with Crippen molar-refractivity contribution < 1.29 is 4.74 Å². The summed E-state index contributed by atoms with van der Waals surface area (Å²) in [6.07, 6.45) is 4.93. The van der Waals surface area contributed by atoms with Gasteiger partial charge >= 0.3 is 0 Å². The molecule has 1 aliphatic rings. The summed E-state index contributed by atoms with van der Waals surface area (Å²) < 4.78 is 5.56. The Balaban J connectivity index is 2.31. The van der Waals surface area contributed by atoms with Crippen LogP contribution in [0.2, 0.25) is 0 Å². The maximum atomic E-state index is 6.22. The molecule has 0 heterocycles. The van der Waals surface area contributed by atoms with E-state index in [0.29, 0.717) is 19.1 Å². The Hall–Kier alpha value is -1.06. The molecule has 3 heteroatoms. The van der Waals surface area contributed by atoms with Crippen molar-refractivity contribution in [2.45, 2.75) is 38.1 Å². The maximum Gasteiger partial charge on any atom is 0.0784 e. The topological polar surface area (TPSA) is 38.5 Å². The summed E-state index contributed by atoms with van der Waals surface area (Å²) in [5.41, 5.74) is 7.46. The number of nitrogens with zero attached hydrogens (tertiary/aromatic N) is 1. The van der Waals surface area contributed by atoms with Crippen LogP contribution in [0.4, 0.5) is 5.69 Å². The first-order valence-electron chi connectivity index (χ1n) is 7.80. The van der Waals surface area contributed by atoms with E-state index in [0.717, 1.165) is 6.54 Å². The number of hydrogen-bond acceptors (Lipinski definition) is 3. The molecule has 20 heavy (non-hydrogen) atoms. The zero-order valence-electron chi connectivity index (χ0n) is 12.8. The van der Waals surface area contributed by atoms with Gasteiger partial charge < -0.3 is 15.4 Å². The SMILES string of the molecule is CCCCN(c1ccccc1)C(CN)(COC)C1CC1. The molecule has 0 aromatic heterocycles. The molecule has 0 spiro atoms. The van der Waals surface area contributed by atoms with E-state index in [-0.39, 0.29) is 5.54 Å². The van der Waals surface area contributed by atoms with Crippen molar-refractivity contribution in [1.29, 1.82) is 0 Å². The molecule has 1 saturated carbocycles. The van der Waals surface area contributed by atoms with E-state index in [1.165, 1.54) is 31.4 Å². The van der Waals surface area contributed by atoms with Gasteiger partial charge in [0.2, 0.25) is 0 Å². The molecule has 1 unspecified atom stereocenters. The fourth-order valence-corrected chi connectivity index (χ4v) is 3.16. The van der Waals surface area contributed by atoms with Gasteiger partial charge in [-0.15, -0.1) is 0 Å². The van der Waals surface area contributed by atoms with Gasteiger partial charge in [0.25, 0.3) is 0 Å². The number of para-hydroxylation sites is 1. The number of hydrogen-bond donors (Lipinski definition) is 1. The van der Waals surface area contributed by atoms with Crippen molar-refractivity contribution in [2.24, 2.45) is 11.7 Å². The second-order valence-electron chi connectivity index (χ2n) is 5.86. The number of ether oxygens (including phenoxy) is 1. The van der Waals surface area contributed by atoms with Crippen LogP contribution >= 0.6 is 0 Å². The number of nitrogens with two attached hydrogens (primary N) is 1. The van der Waals surface area contributed by atoms with Gasteiger partial charge in [-0.1, -0.05) is 31.5 Å². The van der Waals surface area contributed by atoms with Crippen molar-refractivity contribution in [3.05, 3.63) is 30.3 Å². The highest BCUT2D eigenvalue weighted by Crippen LogP contribution is 2.44. The Kier molecular flexibility index (Phi) is 5.44. The van der Waals surface area contributed by atoms with Crippen molar-refractivity contribution in [3.8, 4) is 0 Å². The van der Waals surface area contributed by atoms with Crippen LogP contribution in [-0.4, -0.2) is 32.3 Å². The fourth-order valence-electron chi connectivity index (χ4n) is 3.16. The zero-order chi connectivity index (χ0) is 14.4. The standard InChI is InChI=1S/C17H28N2O/c1-3-4-12-19(16-8-6-5-7-9-16)17(13-18,14-20-2)15-10-11-15/h5-9,15H,3-4,10-14,18H2,1-2H3. The Bertz CT molecular complexity index is 391. The van der Waals surface area contributed by atoms with Gasteiger partial charge in [-0.05, 0) is 37.3 Å². The molecule has 0 bridgehead atoms. The second kappa shape index (κ2) is 7.09. The highest BCUT2D eigenvalue weighted by Gasteiger charge is 2.48. The van der Waals surface area contributed by atoms with Gasteiger partial charge in [0.1, 0.15) is 0 Å². The van der Waals surface area contributed by atoms with Crippen molar-refractivity contribution in [3.63, 3.8) is 0 Å². The van der Waals surface area contributed by atoms with Crippen LogP contribution in [0.25, 0.3) is 0 Å².